The first-order valence-electron chi connectivity index (χ1n) is 7.27. The summed E-state index contributed by atoms with van der Waals surface area (Å²) in [4.78, 5) is 24.2. The monoisotopic (exact) mass is 308 g/mol. The summed E-state index contributed by atoms with van der Waals surface area (Å²) >= 11 is 0. The Bertz CT molecular complexity index is 517. The smallest absolute Gasteiger partial charge is 0.317 e. The topological polar surface area (TPSA) is 78.9 Å². The zero-order chi connectivity index (χ0) is 16.7. The molecule has 0 aliphatic heterocycles. The third-order valence-electron chi connectivity index (χ3n) is 3.08. The third kappa shape index (κ3) is 5.63. The number of ether oxygens (including phenoxy) is 1. The third-order valence-corrected chi connectivity index (χ3v) is 3.08. The van der Waals surface area contributed by atoms with E-state index in [0.29, 0.717) is 6.54 Å². The lowest BCUT2D eigenvalue weighted by Gasteiger charge is -2.21. The molecule has 1 unspecified atom stereocenters. The van der Waals surface area contributed by atoms with Crippen LogP contribution in [-0.2, 0) is 11.3 Å². The molecule has 1 aromatic rings. The average Bonchev–Trinajstić information content (AvgIpc) is 2.45. The number of hydrogen-bond donors (Lipinski definition) is 2. The molecule has 6 nitrogen and oxygen atoms in total. The van der Waals surface area contributed by atoms with Crippen LogP contribution in [0, 0.1) is 5.92 Å². The second-order valence-corrected chi connectivity index (χ2v) is 5.55. The standard InChI is InChI=1S/C16H24N2O4/c1-11(2)22-14-8-6-5-7-13(14)9-17-16(21)18(4)10-12(3)15(19)20/h5-8,11-12H,9-10H2,1-4H3,(H,17,21)(H,19,20). The molecule has 0 spiro atoms. The quantitative estimate of drug-likeness (QED) is 0.810. The van der Waals surface area contributed by atoms with E-state index >= 15 is 0 Å². The summed E-state index contributed by atoms with van der Waals surface area (Å²) in [5.74, 6) is -0.790. The van der Waals surface area contributed by atoms with Crippen molar-refractivity contribution in [1.82, 2.24) is 10.2 Å². The number of rotatable bonds is 7. The van der Waals surface area contributed by atoms with Crippen molar-refractivity contribution in [1.29, 1.82) is 0 Å². The average molecular weight is 308 g/mol. The Kier molecular flexibility index (Phi) is 6.69. The van der Waals surface area contributed by atoms with Crippen LogP contribution in [0.1, 0.15) is 26.3 Å². The number of nitrogens with one attached hydrogen (secondary N) is 1. The molecule has 1 rings (SSSR count). The van der Waals surface area contributed by atoms with E-state index < -0.39 is 11.9 Å². The molecule has 0 saturated heterocycles. The number of urea groups is 1. The van der Waals surface area contributed by atoms with E-state index in [4.69, 9.17) is 9.84 Å². The molecule has 0 heterocycles. The Labute approximate surface area is 131 Å². The van der Waals surface area contributed by atoms with E-state index in [-0.39, 0.29) is 18.7 Å². The lowest BCUT2D eigenvalue weighted by atomic mass is 10.2. The molecular formula is C16H24N2O4. The summed E-state index contributed by atoms with van der Waals surface area (Å²) in [6.45, 7) is 5.93. The molecule has 2 amide bonds. The zero-order valence-corrected chi connectivity index (χ0v) is 13.5. The van der Waals surface area contributed by atoms with Crippen molar-refractivity contribution in [2.75, 3.05) is 13.6 Å². The van der Waals surface area contributed by atoms with Crippen LogP contribution in [-0.4, -0.2) is 41.7 Å². The number of benzene rings is 1. The van der Waals surface area contributed by atoms with E-state index in [1.165, 1.54) is 4.90 Å². The number of carbonyl (C=O) groups excluding carboxylic acids is 1. The van der Waals surface area contributed by atoms with Crippen LogP contribution in [0.25, 0.3) is 0 Å². The minimum Gasteiger partial charge on any atom is -0.491 e. The Balaban J connectivity index is 2.59. The fraction of sp³-hybridized carbons (Fsp3) is 0.500. The molecule has 0 bridgehead atoms. The Morgan fingerprint density at radius 3 is 2.50 bits per heavy atom. The van der Waals surface area contributed by atoms with Crippen LogP contribution in [0.5, 0.6) is 5.75 Å². The summed E-state index contributed by atoms with van der Waals surface area (Å²) in [7, 11) is 1.57. The number of para-hydroxylation sites is 1. The molecule has 22 heavy (non-hydrogen) atoms. The van der Waals surface area contributed by atoms with Gasteiger partial charge in [-0.15, -0.1) is 0 Å². The highest BCUT2D eigenvalue weighted by Crippen LogP contribution is 2.19. The fourth-order valence-corrected chi connectivity index (χ4v) is 1.90. The summed E-state index contributed by atoms with van der Waals surface area (Å²) in [6.07, 6.45) is 0.0518. The fourth-order valence-electron chi connectivity index (χ4n) is 1.90. The van der Waals surface area contributed by atoms with Crippen molar-refractivity contribution in [3.05, 3.63) is 29.8 Å². The van der Waals surface area contributed by atoms with Gasteiger partial charge >= 0.3 is 12.0 Å². The highest BCUT2D eigenvalue weighted by molar-refractivity contribution is 5.75. The molecule has 0 fully saturated rings. The first-order valence-corrected chi connectivity index (χ1v) is 7.27. The lowest BCUT2D eigenvalue weighted by Crippen LogP contribution is -2.40. The van der Waals surface area contributed by atoms with Crippen molar-refractivity contribution in [3.8, 4) is 5.75 Å². The van der Waals surface area contributed by atoms with Gasteiger partial charge in [-0.05, 0) is 19.9 Å². The Hall–Kier alpha value is -2.24. The Morgan fingerprint density at radius 2 is 1.91 bits per heavy atom. The van der Waals surface area contributed by atoms with E-state index in [9.17, 15) is 9.59 Å². The van der Waals surface area contributed by atoms with Crippen molar-refractivity contribution in [2.45, 2.75) is 33.4 Å². The first-order chi connectivity index (χ1) is 10.3. The summed E-state index contributed by atoms with van der Waals surface area (Å²) in [5, 5.41) is 11.6. The van der Waals surface area contributed by atoms with Gasteiger partial charge in [0.2, 0.25) is 0 Å². The molecule has 0 radical (unpaired) electrons. The number of carboxylic acids is 1. The van der Waals surface area contributed by atoms with Gasteiger partial charge < -0.3 is 20.1 Å². The maximum absolute atomic E-state index is 12.0. The molecule has 122 valence electrons. The second kappa shape index (κ2) is 8.26. The second-order valence-electron chi connectivity index (χ2n) is 5.55. The van der Waals surface area contributed by atoms with Gasteiger partial charge in [-0.2, -0.15) is 0 Å². The van der Waals surface area contributed by atoms with Crippen molar-refractivity contribution in [3.63, 3.8) is 0 Å². The van der Waals surface area contributed by atoms with Crippen LogP contribution < -0.4 is 10.1 Å². The lowest BCUT2D eigenvalue weighted by molar-refractivity contribution is -0.141. The highest BCUT2D eigenvalue weighted by Gasteiger charge is 2.17. The molecule has 1 aromatic carbocycles. The van der Waals surface area contributed by atoms with Crippen LogP contribution >= 0.6 is 0 Å². The van der Waals surface area contributed by atoms with E-state index in [1.807, 2.05) is 38.1 Å². The molecular weight excluding hydrogens is 284 g/mol. The molecule has 0 aliphatic carbocycles. The molecule has 2 N–H and O–H groups in total. The number of carboxylic acid groups (broad SMARTS) is 1. The molecule has 1 atom stereocenters. The molecule has 0 aromatic heterocycles. The minimum absolute atomic E-state index is 0.0518. The SMILES string of the molecule is CC(C)Oc1ccccc1CNC(=O)N(C)CC(C)C(=O)O. The predicted molar refractivity (Wildman–Crippen MR) is 83.9 cm³/mol. The van der Waals surface area contributed by atoms with Crippen LogP contribution in [0.15, 0.2) is 24.3 Å². The van der Waals surface area contributed by atoms with Gasteiger partial charge in [0, 0.05) is 25.7 Å². The van der Waals surface area contributed by atoms with Gasteiger partial charge in [0.05, 0.1) is 12.0 Å². The number of aliphatic carboxylic acids is 1. The summed E-state index contributed by atoms with van der Waals surface area (Å²) in [5.41, 5.74) is 0.879. The van der Waals surface area contributed by atoms with E-state index in [1.54, 1.807) is 14.0 Å². The Morgan fingerprint density at radius 1 is 1.27 bits per heavy atom. The number of amides is 2. The van der Waals surface area contributed by atoms with Crippen LogP contribution in [0.4, 0.5) is 4.79 Å². The molecule has 0 saturated carbocycles. The summed E-state index contributed by atoms with van der Waals surface area (Å²) < 4.78 is 5.69. The maximum Gasteiger partial charge on any atom is 0.317 e. The van der Waals surface area contributed by atoms with Crippen LogP contribution in [0.3, 0.4) is 0 Å². The summed E-state index contributed by atoms with van der Waals surface area (Å²) in [6, 6.07) is 7.19. The highest BCUT2D eigenvalue weighted by atomic mass is 16.5. The van der Waals surface area contributed by atoms with Gasteiger partial charge in [0.15, 0.2) is 0 Å². The molecule has 6 heteroatoms. The van der Waals surface area contributed by atoms with Gasteiger partial charge in [-0.1, -0.05) is 25.1 Å². The van der Waals surface area contributed by atoms with E-state index in [2.05, 4.69) is 5.32 Å². The van der Waals surface area contributed by atoms with Crippen LogP contribution in [0.2, 0.25) is 0 Å². The van der Waals surface area contributed by atoms with Gasteiger partial charge in [0.25, 0.3) is 0 Å². The largest absolute Gasteiger partial charge is 0.491 e. The van der Waals surface area contributed by atoms with Crippen molar-refractivity contribution in [2.24, 2.45) is 5.92 Å². The van der Waals surface area contributed by atoms with Gasteiger partial charge in [-0.25, -0.2) is 4.79 Å². The zero-order valence-electron chi connectivity index (χ0n) is 13.5. The number of nitrogens with zero attached hydrogens (tertiary/aromatic N) is 1. The number of carbonyl (C=O) groups is 2. The van der Waals surface area contributed by atoms with E-state index in [0.717, 1.165) is 11.3 Å². The molecule has 0 aliphatic rings. The van der Waals surface area contributed by atoms with Gasteiger partial charge in [0.1, 0.15) is 5.75 Å². The predicted octanol–water partition coefficient (Wildman–Crippen LogP) is 2.34. The van der Waals surface area contributed by atoms with Crippen molar-refractivity contribution >= 4 is 12.0 Å². The first kappa shape index (κ1) is 17.8. The normalized spacial score (nSPS) is 11.9. The maximum atomic E-state index is 12.0. The minimum atomic E-state index is -0.921. The van der Waals surface area contributed by atoms with Crippen molar-refractivity contribution < 1.29 is 19.4 Å². The van der Waals surface area contributed by atoms with Gasteiger partial charge in [-0.3, -0.25) is 4.79 Å². The number of hydrogen-bond acceptors (Lipinski definition) is 3.